The number of benzene rings is 2. The Hall–Kier alpha value is -3.29. The van der Waals surface area contributed by atoms with E-state index >= 15 is 0 Å². The Bertz CT molecular complexity index is 890. The molecule has 140 valence electrons. The second-order valence-electron chi connectivity index (χ2n) is 5.85. The molecule has 0 atom stereocenters. The molecule has 0 saturated heterocycles. The number of aromatic nitrogens is 2. The second kappa shape index (κ2) is 7.94. The quantitative estimate of drug-likeness (QED) is 0.712. The molecule has 0 spiro atoms. The molecule has 0 aliphatic heterocycles. The summed E-state index contributed by atoms with van der Waals surface area (Å²) in [6.45, 7) is 0.307. The van der Waals surface area contributed by atoms with Crippen molar-refractivity contribution in [1.82, 2.24) is 20.4 Å². The maximum absolute atomic E-state index is 12.7. The first kappa shape index (κ1) is 18.5. The topological polar surface area (TPSA) is 59.0 Å². The molecule has 8 heteroatoms. The average molecular weight is 374 g/mol. The fourth-order valence-electron chi connectivity index (χ4n) is 2.47. The lowest BCUT2D eigenvalue weighted by Gasteiger charge is -2.11. The van der Waals surface area contributed by atoms with Gasteiger partial charge in [-0.05, 0) is 41.5 Å². The highest BCUT2D eigenvalue weighted by molar-refractivity contribution is 5.73. The van der Waals surface area contributed by atoms with Gasteiger partial charge in [0.2, 0.25) is 0 Å². The molecule has 3 aromatic rings. The van der Waals surface area contributed by atoms with E-state index in [1.54, 1.807) is 10.9 Å². The van der Waals surface area contributed by atoms with Crippen LogP contribution in [-0.4, -0.2) is 15.8 Å². The number of carbonyl (C=O) groups excluding carboxylic acids is 1. The third kappa shape index (κ3) is 5.10. The van der Waals surface area contributed by atoms with Gasteiger partial charge in [0.15, 0.2) is 0 Å². The maximum atomic E-state index is 12.7. The number of hydrogen-bond acceptors (Lipinski definition) is 2. The minimum absolute atomic E-state index is 0.00793. The van der Waals surface area contributed by atoms with E-state index in [-0.39, 0.29) is 6.54 Å². The Morgan fingerprint density at radius 3 is 2.30 bits per heavy atom. The molecule has 0 saturated carbocycles. The van der Waals surface area contributed by atoms with E-state index in [9.17, 15) is 18.0 Å². The van der Waals surface area contributed by atoms with Crippen molar-refractivity contribution in [1.29, 1.82) is 0 Å². The predicted molar refractivity (Wildman–Crippen MR) is 94.1 cm³/mol. The van der Waals surface area contributed by atoms with E-state index in [0.29, 0.717) is 12.1 Å². The molecule has 2 N–H and O–H groups in total. The van der Waals surface area contributed by atoms with E-state index < -0.39 is 17.8 Å². The van der Waals surface area contributed by atoms with Crippen LogP contribution < -0.4 is 10.6 Å². The molecule has 2 amide bonds. The largest absolute Gasteiger partial charge is 0.416 e. The fraction of sp³-hybridized carbons (Fsp3) is 0.158. The molecule has 5 nitrogen and oxygen atoms in total. The van der Waals surface area contributed by atoms with Crippen molar-refractivity contribution >= 4 is 6.03 Å². The lowest BCUT2D eigenvalue weighted by atomic mass is 10.1. The molecule has 2 aromatic carbocycles. The molecule has 1 heterocycles. The predicted octanol–water partition coefficient (Wildman–Crippen LogP) is 3.89. The summed E-state index contributed by atoms with van der Waals surface area (Å²) in [5.41, 5.74) is 1.43. The SMILES string of the molecule is O=C(NCc1ccc(-n2cccn2)cc1)NCc1cccc(C(F)(F)F)c1. The van der Waals surface area contributed by atoms with Gasteiger partial charge in [0.1, 0.15) is 0 Å². The first-order valence-corrected chi connectivity index (χ1v) is 8.18. The number of amides is 2. The smallest absolute Gasteiger partial charge is 0.334 e. The van der Waals surface area contributed by atoms with Crippen LogP contribution >= 0.6 is 0 Å². The zero-order chi connectivity index (χ0) is 19.3. The first-order valence-electron chi connectivity index (χ1n) is 8.18. The van der Waals surface area contributed by atoms with E-state index in [4.69, 9.17) is 0 Å². The number of rotatable bonds is 5. The zero-order valence-corrected chi connectivity index (χ0v) is 14.2. The summed E-state index contributed by atoms with van der Waals surface area (Å²) in [6.07, 6.45) is -0.890. The van der Waals surface area contributed by atoms with Gasteiger partial charge in [-0.25, -0.2) is 9.48 Å². The Balaban J connectivity index is 1.49. The van der Waals surface area contributed by atoms with E-state index in [1.165, 1.54) is 12.1 Å². The molecule has 0 radical (unpaired) electrons. The summed E-state index contributed by atoms with van der Waals surface area (Å²) in [5, 5.41) is 9.36. The van der Waals surface area contributed by atoms with Crippen LogP contribution in [0.15, 0.2) is 67.0 Å². The van der Waals surface area contributed by atoms with Crippen LogP contribution in [0, 0.1) is 0 Å². The van der Waals surface area contributed by atoms with Crippen molar-refractivity contribution in [2.75, 3.05) is 0 Å². The number of hydrogen-bond donors (Lipinski definition) is 2. The highest BCUT2D eigenvalue weighted by Crippen LogP contribution is 2.29. The van der Waals surface area contributed by atoms with E-state index in [2.05, 4.69) is 15.7 Å². The van der Waals surface area contributed by atoms with Gasteiger partial charge in [0.25, 0.3) is 0 Å². The van der Waals surface area contributed by atoms with Crippen molar-refractivity contribution in [3.63, 3.8) is 0 Å². The number of halogens is 3. The van der Waals surface area contributed by atoms with Crippen molar-refractivity contribution in [3.8, 4) is 5.69 Å². The summed E-state index contributed by atoms with van der Waals surface area (Å²) in [7, 11) is 0. The first-order chi connectivity index (χ1) is 12.9. The third-order valence-electron chi connectivity index (χ3n) is 3.87. The Kier molecular flexibility index (Phi) is 5.44. The van der Waals surface area contributed by atoms with E-state index in [1.807, 2.05) is 36.5 Å². The van der Waals surface area contributed by atoms with Crippen molar-refractivity contribution < 1.29 is 18.0 Å². The standard InChI is InChI=1S/C19H17F3N4O/c20-19(21,22)16-4-1-3-15(11-16)13-24-18(27)23-12-14-5-7-17(8-6-14)26-10-2-9-25-26/h1-11H,12-13H2,(H2,23,24,27). The Labute approximate surface area is 153 Å². The zero-order valence-electron chi connectivity index (χ0n) is 14.2. The number of urea groups is 1. The van der Waals surface area contributed by atoms with Crippen LogP contribution in [0.3, 0.4) is 0 Å². The molecule has 0 fully saturated rings. The molecule has 0 bridgehead atoms. The summed E-state index contributed by atoms with van der Waals surface area (Å²) < 4.78 is 39.8. The van der Waals surface area contributed by atoms with Crippen molar-refractivity contribution in [3.05, 3.63) is 83.7 Å². The van der Waals surface area contributed by atoms with E-state index in [0.717, 1.165) is 23.4 Å². The molecule has 27 heavy (non-hydrogen) atoms. The monoisotopic (exact) mass is 374 g/mol. The highest BCUT2D eigenvalue weighted by Gasteiger charge is 2.30. The number of alkyl halides is 3. The van der Waals surface area contributed by atoms with Crippen LogP contribution in [0.25, 0.3) is 5.69 Å². The minimum Gasteiger partial charge on any atom is -0.334 e. The Morgan fingerprint density at radius 1 is 0.963 bits per heavy atom. The van der Waals surface area contributed by atoms with Crippen LogP contribution in [0.2, 0.25) is 0 Å². The Morgan fingerprint density at radius 2 is 1.67 bits per heavy atom. The molecule has 3 rings (SSSR count). The van der Waals surface area contributed by atoms with Crippen molar-refractivity contribution in [2.45, 2.75) is 19.3 Å². The van der Waals surface area contributed by atoms with Gasteiger partial charge in [-0.2, -0.15) is 18.3 Å². The summed E-state index contributed by atoms with van der Waals surface area (Å²) in [5.74, 6) is 0. The van der Waals surface area contributed by atoms with Gasteiger partial charge >= 0.3 is 12.2 Å². The van der Waals surface area contributed by atoms with Crippen LogP contribution in [-0.2, 0) is 19.3 Å². The summed E-state index contributed by atoms with van der Waals surface area (Å²) >= 11 is 0. The molecule has 1 aromatic heterocycles. The highest BCUT2D eigenvalue weighted by atomic mass is 19.4. The summed E-state index contributed by atoms with van der Waals surface area (Å²) in [6, 6.07) is 13.7. The fourth-order valence-corrected chi connectivity index (χ4v) is 2.47. The number of nitrogens with zero attached hydrogens (tertiary/aromatic N) is 2. The molecular formula is C19H17F3N4O. The molecule has 0 aliphatic carbocycles. The van der Waals surface area contributed by atoms with Gasteiger partial charge in [0.05, 0.1) is 11.3 Å². The molecular weight excluding hydrogens is 357 g/mol. The number of nitrogens with one attached hydrogen (secondary N) is 2. The minimum atomic E-state index is -4.40. The van der Waals surface area contributed by atoms with Gasteiger partial charge in [-0.1, -0.05) is 24.3 Å². The van der Waals surface area contributed by atoms with Crippen molar-refractivity contribution in [2.24, 2.45) is 0 Å². The van der Waals surface area contributed by atoms with Gasteiger partial charge in [0, 0.05) is 25.5 Å². The number of carbonyl (C=O) groups is 1. The van der Waals surface area contributed by atoms with Crippen LogP contribution in [0.5, 0.6) is 0 Å². The average Bonchev–Trinajstić information content (AvgIpc) is 3.19. The van der Waals surface area contributed by atoms with Gasteiger partial charge in [-0.15, -0.1) is 0 Å². The van der Waals surface area contributed by atoms with Gasteiger partial charge in [-0.3, -0.25) is 0 Å². The summed E-state index contributed by atoms with van der Waals surface area (Å²) in [4.78, 5) is 11.9. The molecule has 0 aliphatic rings. The lowest BCUT2D eigenvalue weighted by molar-refractivity contribution is -0.137. The normalized spacial score (nSPS) is 11.2. The lowest BCUT2D eigenvalue weighted by Crippen LogP contribution is -2.34. The van der Waals surface area contributed by atoms with Crippen LogP contribution in [0.1, 0.15) is 16.7 Å². The maximum Gasteiger partial charge on any atom is 0.416 e. The van der Waals surface area contributed by atoms with Crippen LogP contribution in [0.4, 0.5) is 18.0 Å². The third-order valence-corrected chi connectivity index (χ3v) is 3.87. The van der Waals surface area contributed by atoms with Gasteiger partial charge < -0.3 is 10.6 Å². The molecule has 0 unspecified atom stereocenters. The second-order valence-corrected chi connectivity index (χ2v) is 5.85.